The summed E-state index contributed by atoms with van der Waals surface area (Å²) in [5.74, 6) is 0. The van der Waals surface area contributed by atoms with Crippen molar-refractivity contribution in [1.29, 1.82) is 0 Å². The molecule has 0 aromatic heterocycles. The van der Waals surface area contributed by atoms with Crippen molar-refractivity contribution in [1.82, 2.24) is 5.32 Å². The molecule has 2 aliphatic rings. The molecule has 3 N–H and O–H groups in total. The van der Waals surface area contributed by atoms with Crippen molar-refractivity contribution >= 4 is 0 Å². The Morgan fingerprint density at radius 2 is 2.05 bits per heavy atom. The van der Waals surface area contributed by atoms with Crippen LogP contribution in [0.25, 0.3) is 0 Å². The van der Waals surface area contributed by atoms with Crippen molar-refractivity contribution < 1.29 is 4.74 Å². The second-order valence-corrected chi connectivity index (χ2v) is 6.15. The summed E-state index contributed by atoms with van der Waals surface area (Å²) in [6.45, 7) is 1.98. The Labute approximate surface area is 115 Å². The summed E-state index contributed by atoms with van der Waals surface area (Å²) in [5, 5.41) is 3.74. The molecule has 3 nitrogen and oxygen atoms in total. The molecule has 2 aliphatic carbocycles. The van der Waals surface area contributed by atoms with Crippen LogP contribution in [-0.2, 0) is 4.74 Å². The smallest absolute Gasteiger partial charge is 0.0468 e. The summed E-state index contributed by atoms with van der Waals surface area (Å²) in [6.07, 6.45) is 4.88. The summed E-state index contributed by atoms with van der Waals surface area (Å²) in [4.78, 5) is 0. The molecule has 104 valence electrons. The highest BCUT2D eigenvalue weighted by Gasteiger charge is 2.42. The van der Waals surface area contributed by atoms with Gasteiger partial charge in [0.15, 0.2) is 0 Å². The van der Waals surface area contributed by atoms with Gasteiger partial charge in [-0.3, -0.25) is 0 Å². The highest BCUT2D eigenvalue weighted by Crippen LogP contribution is 2.49. The van der Waals surface area contributed by atoms with E-state index in [1.807, 2.05) is 0 Å². The Hall–Kier alpha value is -0.900. The summed E-state index contributed by atoms with van der Waals surface area (Å²) in [5.41, 5.74) is 9.43. The van der Waals surface area contributed by atoms with Gasteiger partial charge in [-0.2, -0.15) is 0 Å². The van der Waals surface area contributed by atoms with E-state index in [1.54, 1.807) is 7.11 Å². The molecule has 1 aromatic carbocycles. The first kappa shape index (κ1) is 13.1. The number of methoxy groups -OCH3 is 1. The highest BCUT2D eigenvalue weighted by molar-refractivity contribution is 5.37. The molecule has 2 atom stereocenters. The van der Waals surface area contributed by atoms with Crippen LogP contribution in [0.4, 0.5) is 0 Å². The Morgan fingerprint density at radius 3 is 2.74 bits per heavy atom. The molecule has 0 bridgehead atoms. The molecule has 0 aliphatic heterocycles. The largest absolute Gasteiger partial charge is 0.385 e. The van der Waals surface area contributed by atoms with Crippen LogP contribution in [0.5, 0.6) is 0 Å². The maximum atomic E-state index is 6.21. The molecule has 0 radical (unpaired) electrons. The monoisotopic (exact) mass is 260 g/mol. The van der Waals surface area contributed by atoms with Gasteiger partial charge in [0.05, 0.1) is 0 Å². The molecular formula is C16H24N2O. The lowest BCUT2D eigenvalue weighted by Gasteiger charge is -2.20. The third-order valence-electron chi connectivity index (χ3n) is 4.78. The lowest BCUT2D eigenvalue weighted by molar-refractivity contribution is 0.170. The Kier molecular flexibility index (Phi) is 3.61. The van der Waals surface area contributed by atoms with Gasteiger partial charge in [-0.05, 0) is 42.2 Å². The van der Waals surface area contributed by atoms with Crippen LogP contribution >= 0.6 is 0 Å². The van der Waals surface area contributed by atoms with Crippen molar-refractivity contribution in [3.05, 3.63) is 35.4 Å². The molecule has 0 amide bonds. The maximum Gasteiger partial charge on any atom is 0.0468 e. The van der Waals surface area contributed by atoms with Gasteiger partial charge in [0.25, 0.3) is 0 Å². The fraction of sp³-hybridized carbons (Fsp3) is 0.625. The molecule has 0 saturated heterocycles. The van der Waals surface area contributed by atoms with E-state index in [2.05, 4.69) is 29.6 Å². The molecule has 3 heteroatoms. The molecule has 1 aromatic rings. The average Bonchev–Trinajstić information content (AvgIpc) is 3.14. The van der Waals surface area contributed by atoms with Crippen molar-refractivity contribution in [2.75, 3.05) is 20.3 Å². The summed E-state index contributed by atoms with van der Waals surface area (Å²) >= 11 is 0. The van der Waals surface area contributed by atoms with Gasteiger partial charge < -0.3 is 15.8 Å². The highest BCUT2D eigenvalue weighted by atomic mass is 16.5. The topological polar surface area (TPSA) is 47.3 Å². The van der Waals surface area contributed by atoms with Crippen LogP contribution in [0.2, 0.25) is 0 Å². The average molecular weight is 260 g/mol. The van der Waals surface area contributed by atoms with E-state index in [4.69, 9.17) is 10.5 Å². The van der Waals surface area contributed by atoms with E-state index in [1.165, 1.54) is 30.4 Å². The number of rotatable bonds is 6. The van der Waals surface area contributed by atoms with E-state index >= 15 is 0 Å². The van der Waals surface area contributed by atoms with E-state index in [-0.39, 0.29) is 6.04 Å². The quantitative estimate of drug-likeness (QED) is 0.826. The third-order valence-corrected chi connectivity index (χ3v) is 4.78. The van der Waals surface area contributed by atoms with Crippen LogP contribution in [0.15, 0.2) is 24.3 Å². The van der Waals surface area contributed by atoms with Crippen molar-refractivity contribution in [3.63, 3.8) is 0 Å². The Morgan fingerprint density at radius 1 is 1.32 bits per heavy atom. The minimum Gasteiger partial charge on any atom is -0.385 e. The second-order valence-electron chi connectivity index (χ2n) is 6.15. The zero-order valence-electron chi connectivity index (χ0n) is 11.7. The fourth-order valence-electron chi connectivity index (χ4n) is 3.22. The zero-order chi connectivity index (χ0) is 13.3. The van der Waals surface area contributed by atoms with Crippen LogP contribution in [0, 0.1) is 5.41 Å². The summed E-state index contributed by atoms with van der Waals surface area (Å²) in [6, 6.07) is 9.22. The lowest BCUT2D eigenvalue weighted by atomic mass is 10.0. The molecule has 19 heavy (non-hydrogen) atoms. The summed E-state index contributed by atoms with van der Waals surface area (Å²) in [7, 11) is 1.79. The van der Waals surface area contributed by atoms with Crippen LogP contribution in [-0.4, -0.2) is 20.3 Å². The number of benzene rings is 1. The molecule has 2 unspecified atom stereocenters. The number of nitrogens with one attached hydrogen (secondary N) is 1. The predicted octanol–water partition coefficient (Wildman–Crippen LogP) is 2.54. The van der Waals surface area contributed by atoms with Crippen molar-refractivity contribution in [2.45, 2.75) is 37.8 Å². The minimum atomic E-state index is 0.197. The molecule has 1 saturated carbocycles. The first-order valence-electron chi connectivity index (χ1n) is 7.31. The van der Waals surface area contributed by atoms with Gasteiger partial charge in [0.2, 0.25) is 0 Å². The third kappa shape index (κ3) is 2.69. The molecule has 1 fully saturated rings. The fourth-order valence-corrected chi connectivity index (χ4v) is 3.22. The lowest BCUT2D eigenvalue weighted by Crippen LogP contribution is -2.28. The van der Waals surface area contributed by atoms with Crippen LogP contribution in [0.1, 0.15) is 48.9 Å². The van der Waals surface area contributed by atoms with E-state index < -0.39 is 0 Å². The summed E-state index contributed by atoms with van der Waals surface area (Å²) < 4.78 is 5.22. The molecular weight excluding hydrogens is 236 g/mol. The number of hydrogen-bond donors (Lipinski definition) is 2. The minimum absolute atomic E-state index is 0.197. The number of nitrogens with two attached hydrogens (primary N) is 1. The second kappa shape index (κ2) is 5.23. The van der Waals surface area contributed by atoms with Gasteiger partial charge in [0.1, 0.15) is 0 Å². The number of hydrogen-bond acceptors (Lipinski definition) is 3. The van der Waals surface area contributed by atoms with Gasteiger partial charge in [-0.15, -0.1) is 0 Å². The van der Waals surface area contributed by atoms with E-state index in [0.717, 1.165) is 19.6 Å². The van der Waals surface area contributed by atoms with Gasteiger partial charge in [0, 0.05) is 32.3 Å². The van der Waals surface area contributed by atoms with Crippen molar-refractivity contribution in [3.8, 4) is 0 Å². The first-order valence-corrected chi connectivity index (χ1v) is 7.31. The molecule has 0 heterocycles. The van der Waals surface area contributed by atoms with Gasteiger partial charge in [-0.1, -0.05) is 24.3 Å². The van der Waals surface area contributed by atoms with Crippen LogP contribution in [0.3, 0.4) is 0 Å². The number of fused-ring (bicyclic) bond motifs is 1. The van der Waals surface area contributed by atoms with E-state index in [0.29, 0.717) is 11.5 Å². The SMILES string of the molecule is COCCC1(CNC2CC(N)c3ccccc32)CC1. The standard InChI is InChI=1S/C16H24N2O/c1-19-9-8-16(6-7-16)11-18-15-10-14(17)12-4-2-3-5-13(12)15/h2-5,14-15,18H,6-11,17H2,1H3. The predicted molar refractivity (Wildman–Crippen MR) is 76.9 cm³/mol. The zero-order valence-corrected chi connectivity index (χ0v) is 11.7. The Balaban J connectivity index is 1.60. The van der Waals surface area contributed by atoms with Crippen molar-refractivity contribution in [2.24, 2.45) is 11.1 Å². The first-order chi connectivity index (χ1) is 9.24. The molecule has 0 spiro atoms. The normalized spacial score (nSPS) is 27.3. The van der Waals surface area contributed by atoms with Gasteiger partial charge in [-0.25, -0.2) is 0 Å². The Bertz CT molecular complexity index is 442. The molecule has 3 rings (SSSR count). The van der Waals surface area contributed by atoms with Gasteiger partial charge >= 0.3 is 0 Å². The maximum absolute atomic E-state index is 6.21. The van der Waals surface area contributed by atoms with E-state index in [9.17, 15) is 0 Å². The van der Waals surface area contributed by atoms with Crippen LogP contribution < -0.4 is 11.1 Å². The number of ether oxygens (including phenoxy) is 1.